The summed E-state index contributed by atoms with van der Waals surface area (Å²) in [6.07, 6.45) is 1.08. The van der Waals surface area contributed by atoms with Crippen molar-refractivity contribution in [2.75, 3.05) is 11.9 Å². The van der Waals surface area contributed by atoms with Crippen LogP contribution in [0.15, 0.2) is 72.8 Å². The third-order valence-electron chi connectivity index (χ3n) is 4.34. The summed E-state index contributed by atoms with van der Waals surface area (Å²) in [5, 5.41) is 6.24. The van der Waals surface area contributed by atoms with E-state index in [0.29, 0.717) is 25.2 Å². The largest absolute Gasteiger partial charge is 0.379 e. The second kappa shape index (κ2) is 8.68. The molecule has 2 heteroatoms. The number of benzene rings is 3. The topological polar surface area (TPSA) is 21.3 Å². The van der Waals surface area contributed by atoms with Gasteiger partial charge in [-0.25, -0.2) is 0 Å². The molecule has 0 aliphatic carbocycles. The minimum Gasteiger partial charge on any atom is -0.379 e. The summed E-state index contributed by atoms with van der Waals surface area (Å²) in [7, 11) is 0. The van der Waals surface area contributed by atoms with Gasteiger partial charge in [-0.15, -0.1) is 0 Å². The van der Waals surface area contributed by atoms with E-state index in [1.807, 2.05) is 6.07 Å². The van der Waals surface area contributed by atoms with Gasteiger partial charge in [-0.1, -0.05) is 80.6 Å². The Morgan fingerprint density at radius 1 is 0.840 bits per heavy atom. The van der Waals surface area contributed by atoms with E-state index in [4.69, 9.17) is 4.74 Å². The lowest BCUT2D eigenvalue weighted by Crippen LogP contribution is -2.27. The highest BCUT2D eigenvalue weighted by atomic mass is 16.5. The van der Waals surface area contributed by atoms with Gasteiger partial charge >= 0.3 is 0 Å². The van der Waals surface area contributed by atoms with Crippen LogP contribution >= 0.6 is 0 Å². The van der Waals surface area contributed by atoms with E-state index in [1.165, 1.54) is 22.0 Å². The predicted octanol–water partition coefficient (Wildman–Crippen LogP) is 5.88. The van der Waals surface area contributed by atoms with Crippen molar-refractivity contribution in [2.45, 2.75) is 32.9 Å². The van der Waals surface area contributed by atoms with Crippen molar-refractivity contribution in [2.24, 2.45) is 5.92 Å². The summed E-state index contributed by atoms with van der Waals surface area (Å²) in [4.78, 5) is 0. The molecule has 1 atom stereocenters. The van der Waals surface area contributed by atoms with Crippen LogP contribution in [0.1, 0.15) is 25.8 Å². The van der Waals surface area contributed by atoms with Gasteiger partial charge in [-0.3, -0.25) is 0 Å². The van der Waals surface area contributed by atoms with E-state index >= 15 is 0 Å². The normalized spacial score (nSPS) is 12.4. The zero-order valence-corrected chi connectivity index (χ0v) is 15.1. The van der Waals surface area contributed by atoms with Crippen LogP contribution in [0.25, 0.3) is 10.8 Å². The highest BCUT2D eigenvalue weighted by Crippen LogP contribution is 2.24. The van der Waals surface area contributed by atoms with Crippen LogP contribution in [-0.2, 0) is 11.3 Å². The lowest BCUT2D eigenvalue weighted by Gasteiger charge is -2.23. The molecule has 0 aliphatic heterocycles. The second-order valence-corrected chi connectivity index (χ2v) is 7.00. The molecule has 3 aromatic rings. The number of hydrogen-bond donors (Lipinski definition) is 1. The first-order valence-corrected chi connectivity index (χ1v) is 9.08. The number of fused-ring (bicyclic) bond motifs is 1. The molecule has 0 spiro atoms. The van der Waals surface area contributed by atoms with Crippen LogP contribution in [-0.4, -0.2) is 12.6 Å². The number of ether oxygens (including phenoxy) is 1. The Balaban J connectivity index is 1.67. The van der Waals surface area contributed by atoms with E-state index in [-0.39, 0.29) is 0 Å². The van der Waals surface area contributed by atoms with Crippen LogP contribution in [0.3, 0.4) is 0 Å². The summed E-state index contributed by atoms with van der Waals surface area (Å²) in [5.41, 5.74) is 2.41. The van der Waals surface area contributed by atoms with Gasteiger partial charge in [-0.05, 0) is 29.4 Å². The third kappa shape index (κ3) is 5.07. The molecule has 3 rings (SSSR count). The fraction of sp³-hybridized carbons (Fsp3) is 0.304. The van der Waals surface area contributed by atoms with Crippen molar-refractivity contribution in [3.8, 4) is 0 Å². The van der Waals surface area contributed by atoms with Gasteiger partial charge in [0, 0.05) is 17.1 Å². The van der Waals surface area contributed by atoms with Gasteiger partial charge < -0.3 is 10.1 Å². The fourth-order valence-corrected chi connectivity index (χ4v) is 3.20. The van der Waals surface area contributed by atoms with Crippen molar-refractivity contribution < 1.29 is 4.74 Å². The smallest absolute Gasteiger partial charge is 0.0717 e. The van der Waals surface area contributed by atoms with Gasteiger partial charge in [0.05, 0.1) is 13.2 Å². The van der Waals surface area contributed by atoms with E-state index in [2.05, 4.69) is 85.9 Å². The van der Waals surface area contributed by atoms with E-state index < -0.39 is 0 Å². The van der Waals surface area contributed by atoms with Crippen molar-refractivity contribution in [3.05, 3.63) is 78.4 Å². The molecule has 0 aromatic heterocycles. The molecule has 0 heterocycles. The summed E-state index contributed by atoms with van der Waals surface area (Å²) in [6.45, 7) is 5.88. The number of nitrogens with one attached hydrogen (secondary N) is 1. The van der Waals surface area contributed by atoms with Gasteiger partial charge in [0.2, 0.25) is 0 Å². The standard InChI is InChI=1S/C23H27NO/c1-18(2)15-21(17-25-16-19-9-4-3-5-10-19)24-23-14-8-12-20-11-6-7-13-22(20)23/h3-14,18,21,24H,15-17H2,1-2H3. The van der Waals surface area contributed by atoms with Crippen molar-refractivity contribution in [1.82, 2.24) is 0 Å². The maximum absolute atomic E-state index is 6.00. The zero-order valence-electron chi connectivity index (χ0n) is 15.1. The Morgan fingerprint density at radius 2 is 1.56 bits per heavy atom. The minimum absolute atomic E-state index is 0.300. The average Bonchev–Trinajstić information content (AvgIpc) is 2.62. The Hall–Kier alpha value is -2.32. The van der Waals surface area contributed by atoms with E-state index in [9.17, 15) is 0 Å². The quantitative estimate of drug-likeness (QED) is 0.555. The van der Waals surface area contributed by atoms with Crippen LogP contribution in [0.2, 0.25) is 0 Å². The average molecular weight is 333 g/mol. The molecule has 0 saturated carbocycles. The molecule has 0 bridgehead atoms. The lowest BCUT2D eigenvalue weighted by molar-refractivity contribution is 0.107. The number of hydrogen-bond acceptors (Lipinski definition) is 2. The van der Waals surface area contributed by atoms with Crippen molar-refractivity contribution in [3.63, 3.8) is 0 Å². The highest BCUT2D eigenvalue weighted by Gasteiger charge is 2.13. The van der Waals surface area contributed by atoms with Crippen LogP contribution < -0.4 is 5.32 Å². The van der Waals surface area contributed by atoms with E-state index in [1.54, 1.807) is 0 Å². The molecule has 2 nitrogen and oxygen atoms in total. The van der Waals surface area contributed by atoms with Crippen LogP contribution in [0.5, 0.6) is 0 Å². The minimum atomic E-state index is 0.300. The molecular formula is C23H27NO. The molecule has 0 radical (unpaired) electrons. The molecule has 0 aliphatic rings. The van der Waals surface area contributed by atoms with Crippen LogP contribution in [0, 0.1) is 5.92 Å². The molecule has 25 heavy (non-hydrogen) atoms. The molecule has 0 amide bonds. The monoisotopic (exact) mass is 333 g/mol. The molecule has 130 valence electrons. The molecule has 0 fully saturated rings. The van der Waals surface area contributed by atoms with Crippen LogP contribution in [0.4, 0.5) is 5.69 Å². The Morgan fingerprint density at radius 3 is 2.36 bits per heavy atom. The first kappa shape index (κ1) is 17.5. The number of rotatable bonds is 8. The summed E-state index contributed by atoms with van der Waals surface area (Å²) < 4.78 is 6.00. The second-order valence-electron chi connectivity index (χ2n) is 7.00. The Bertz CT molecular complexity index is 777. The van der Waals surface area contributed by atoms with E-state index in [0.717, 1.165) is 6.42 Å². The first-order valence-electron chi connectivity index (χ1n) is 9.08. The zero-order chi connectivity index (χ0) is 17.5. The third-order valence-corrected chi connectivity index (χ3v) is 4.34. The van der Waals surface area contributed by atoms with Crippen molar-refractivity contribution >= 4 is 16.5 Å². The first-order chi connectivity index (χ1) is 12.2. The molecule has 3 aromatic carbocycles. The van der Waals surface area contributed by atoms with Gasteiger partial charge in [0.1, 0.15) is 0 Å². The number of anilines is 1. The maximum atomic E-state index is 6.00. The Labute approximate surface area is 150 Å². The molecule has 1 unspecified atom stereocenters. The lowest BCUT2D eigenvalue weighted by atomic mass is 10.0. The molecular weight excluding hydrogens is 306 g/mol. The summed E-state index contributed by atoms with van der Waals surface area (Å²) in [5.74, 6) is 0.618. The van der Waals surface area contributed by atoms with Gasteiger partial charge in [0.15, 0.2) is 0 Å². The Kier molecular flexibility index (Phi) is 6.08. The maximum Gasteiger partial charge on any atom is 0.0717 e. The molecule has 1 N–H and O–H groups in total. The summed E-state index contributed by atoms with van der Waals surface area (Å²) in [6, 6.07) is 25.6. The highest BCUT2D eigenvalue weighted by molar-refractivity contribution is 5.93. The van der Waals surface area contributed by atoms with Gasteiger partial charge in [0.25, 0.3) is 0 Å². The van der Waals surface area contributed by atoms with Gasteiger partial charge in [-0.2, -0.15) is 0 Å². The summed E-state index contributed by atoms with van der Waals surface area (Å²) >= 11 is 0. The fourth-order valence-electron chi connectivity index (χ4n) is 3.20. The SMILES string of the molecule is CC(C)CC(COCc1ccccc1)Nc1cccc2ccccc12. The predicted molar refractivity (Wildman–Crippen MR) is 107 cm³/mol. The van der Waals surface area contributed by atoms with Crippen molar-refractivity contribution in [1.29, 1.82) is 0 Å². The molecule has 0 saturated heterocycles.